The highest BCUT2D eigenvalue weighted by Gasteiger charge is 2.42. The van der Waals surface area contributed by atoms with E-state index in [2.05, 4.69) is 36.3 Å². The average Bonchev–Trinajstić information content (AvgIpc) is 3.77. The van der Waals surface area contributed by atoms with Crippen molar-refractivity contribution >= 4 is 44.2 Å². The lowest BCUT2D eigenvalue weighted by molar-refractivity contribution is -0.124. The van der Waals surface area contributed by atoms with Crippen molar-refractivity contribution < 1.29 is 17.9 Å². The number of para-hydroxylation sites is 1. The molecule has 1 aliphatic heterocycles. The van der Waals surface area contributed by atoms with E-state index in [0.29, 0.717) is 18.7 Å². The Morgan fingerprint density at radius 2 is 1.96 bits per heavy atom. The molecule has 13 nitrogen and oxygen atoms in total. The summed E-state index contributed by atoms with van der Waals surface area (Å²) in [7, 11) is -3.83. The van der Waals surface area contributed by atoms with Gasteiger partial charge >= 0.3 is 0 Å². The molecule has 242 valence electrons. The Bertz CT molecular complexity index is 2000. The van der Waals surface area contributed by atoms with Gasteiger partial charge in [0.1, 0.15) is 22.3 Å². The van der Waals surface area contributed by atoms with Crippen LogP contribution in [0.2, 0.25) is 0 Å². The van der Waals surface area contributed by atoms with Crippen molar-refractivity contribution in [3.05, 3.63) is 68.9 Å². The van der Waals surface area contributed by atoms with Crippen molar-refractivity contribution in [2.45, 2.75) is 78.0 Å². The van der Waals surface area contributed by atoms with E-state index in [1.165, 1.54) is 4.31 Å². The molecule has 4 heterocycles. The van der Waals surface area contributed by atoms with E-state index in [-0.39, 0.29) is 35.9 Å². The van der Waals surface area contributed by atoms with E-state index in [0.717, 1.165) is 37.5 Å². The van der Waals surface area contributed by atoms with Gasteiger partial charge in [-0.25, -0.2) is 13.1 Å². The van der Waals surface area contributed by atoms with Crippen LogP contribution < -0.4 is 10.1 Å². The van der Waals surface area contributed by atoms with Gasteiger partial charge in [0.15, 0.2) is 0 Å². The molecule has 15 heteroatoms. The molecule has 3 aromatic heterocycles. The van der Waals surface area contributed by atoms with Crippen LogP contribution in [0.5, 0.6) is 5.75 Å². The van der Waals surface area contributed by atoms with Gasteiger partial charge in [0.05, 0.1) is 17.5 Å². The average molecular weight is 664 g/mol. The lowest BCUT2D eigenvalue weighted by Crippen LogP contribution is -2.37. The van der Waals surface area contributed by atoms with E-state index < -0.39 is 21.4 Å². The van der Waals surface area contributed by atoms with Crippen LogP contribution in [0.15, 0.2) is 47.4 Å². The highest BCUT2D eigenvalue weighted by atomic mass is 32.2. The van der Waals surface area contributed by atoms with Gasteiger partial charge in [-0.3, -0.25) is 10.1 Å². The third kappa shape index (κ3) is 5.56. The number of nitrogens with one attached hydrogen (secondary N) is 2. The minimum atomic E-state index is -3.83. The van der Waals surface area contributed by atoms with Crippen LogP contribution in [0.3, 0.4) is 0 Å². The van der Waals surface area contributed by atoms with Crippen LogP contribution in [-0.2, 0) is 27.9 Å². The van der Waals surface area contributed by atoms with Crippen LogP contribution in [0.25, 0.3) is 11.0 Å². The number of tetrazole rings is 1. The number of thiophene rings is 1. The Balaban J connectivity index is 1.43. The van der Waals surface area contributed by atoms with Crippen LogP contribution >= 0.6 is 11.3 Å². The quantitative estimate of drug-likeness (QED) is 0.226. The first-order chi connectivity index (χ1) is 21.9. The molecular weight excluding hydrogens is 627 g/mol. The number of benzene rings is 2. The summed E-state index contributed by atoms with van der Waals surface area (Å²) >= 11 is 1.56. The van der Waals surface area contributed by atoms with Crippen LogP contribution in [0.4, 0.5) is 5.95 Å². The molecule has 0 saturated heterocycles. The number of nitrogens with zero attached hydrogens (tertiary/aromatic N) is 7. The van der Waals surface area contributed by atoms with Gasteiger partial charge in [-0.1, -0.05) is 49.3 Å². The summed E-state index contributed by atoms with van der Waals surface area (Å²) in [5, 5.41) is 25.3. The summed E-state index contributed by atoms with van der Waals surface area (Å²) in [6.45, 7) is 12.8. The Labute approximate surface area is 271 Å². The Morgan fingerprint density at radius 3 is 2.67 bits per heavy atom. The van der Waals surface area contributed by atoms with E-state index in [1.807, 2.05) is 64.4 Å². The number of carbonyl (C=O) groups excluding carboxylic acids is 1. The number of hydrogen-bond donors (Lipinski definition) is 2. The number of hydrogen-bond acceptors (Lipinski definition) is 10. The minimum absolute atomic E-state index is 0.0808. The van der Waals surface area contributed by atoms with Crippen LogP contribution in [0, 0.1) is 19.3 Å². The monoisotopic (exact) mass is 663 g/mol. The molecule has 6 rings (SSSR count). The second-order valence-electron chi connectivity index (χ2n) is 12.0. The second kappa shape index (κ2) is 12.2. The molecule has 1 aliphatic rings. The smallest absolute Gasteiger partial charge is 0.269 e. The van der Waals surface area contributed by atoms with Crippen molar-refractivity contribution in [1.82, 2.24) is 39.9 Å². The first-order valence-corrected chi connectivity index (χ1v) is 17.4. The number of aromatic amines is 1. The molecule has 2 N–H and O–H groups in total. The van der Waals surface area contributed by atoms with Gasteiger partial charge in [0.25, 0.3) is 5.95 Å². The Morgan fingerprint density at radius 1 is 1.17 bits per heavy atom. The Hall–Kier alpha value is -4.21. The molecule has 0 saturated carbocycles. The highest BCUT2D eigenvalue weighted by molar-refractivity contribution is 7.89. The lowest BCUT2D eigenvalue weighted by Gasteiger charge is -2.33. The van der Waals surface area contributed by atoms with E-state index in [4.69, 9.17) is 4.74 Å². The lowest BCUT2D eigenvalue weighted by atomic mass is 9.72. The highest BCUT2D eigenvalue weighted by Crippen LogP contribution is 2.47. The fourth-order valence-corrected chi connectivity index (χ4v) is 8.99. The Kier molecular flexibility index (Phi) is 8.42. The molecule has 0 fully saturated rings. The third-order valence-electron chi connectivity index (χ3n) is 8.76. The normalized spacial score (nSPS) is 17.3. The predicted octanol–water partition coefficient (Wildman–Crippen LogP) is 4.80. The van der Waals surface area contributed by atoms with E-state index in [1.54, 1.807) is 35.6 Å². The SMILES string of the molecule is CC[C@@H]1CN(Cc2cc(C(c3ccc4c(nnn4CC)c3C)C(C)(C)C(=O)Nc3nn[nH]n3)sc2C)S(=O)(=O)c2ccccc2O1. The summed E-state index contributed by atoms with van der Waals surface area (Å²) < 4.78 is 37.3. The second-order valence-corrected chi connectivity index (χ2v) is 15.2. The topological polar surface area (TPSA) is 161 Å². The largest absolute Gasteiger partial charge is 0.488 e. The molecule has 1 amide bonds. The molecule has 0 radical (unpaired) electrons. The van der Waals surface area contributed by atoms with Crippen LogP contribution in [0.1, 0.15) is 66.5 Å². The standard InChI is InChI=1S/C31H37N9O4S2/c1-7-21-17-39(46(42,43)26-12-10-9-11-24(26)44-21)16-20-15-25(45-19(20)4)27(31(5,6)29(41)32-30-34-36-37-35-30)22-13-14-23-28(18(22)3)33-38-40(23)8-2/h9-15,21,27H,7-8,16-17H2,1-6H3,(H2,32,34,35,36,37,41)/t21-,27?/m1/s1. The zero-order valence-corrected chi connectivity index (χ0v) is 28.2. The summed E-state index contributed by atoms with van der Waals surface area (Å²) in [4.78, 5) is 16.0. The fourth-order valence-electron chi connectivity index (χ4n) is 6.07. The van der Waals surface area contributed by atoms with Crippen molar-refractivity contribution in [3.8, 4) is 5.75 Å². The van der Waals surface area contributed by atoms with Crippen LogP contribution in [-0.4, -0.2) is 66.9 Å². The maximum absolute atomic E-state index is 13.9. The van der Waals surface area contributed by atoms with Gasteiger partial charge in [0, 0.05) is 28.8 Å². The first kappa shape index (κ1) is 31.8. The maximum atomic E-state index is 13.9. The molecule has 2 atom stereocenters. The molecule has 0 spiro atoms. The minimum Gasteiger partial charge on any atom is -0.488 e. The number of H-pyrrole nitrogens is 1. The zero-order chi connectivity index (χ0) is 32.8. The number of amides is 1. The number of sulfonamides is 1. The molecule has 1 unspecified atom stereocenters. The van der Waals surface area contributed by atoms with Gasteiger partial charge < -0.3 is 4.74 Å². The number of carbonyl (C=O) groups is 1. The predicted molar refractivity (Wildman–Crippen MR) is 174 cm³/mol. The van der Waals surface area contributed by atoms with Crippen molar-refractivity contribution in [2.75, 3.05) is 11.9 Å². The molecule has 0 aliphatic carbocycles. The molecular formula is C31H37N9O4S2. The number of anilines is 1. The van der Waals surface area contributed by atoms with E-state index >= 15 is 0 Å². The summed E-state index contributed by atoms with van der Waals surface area (Å²) in [5.74, 6) is -0.267. The number of aryl methyl sites for hydroxylation is 3. The number of rotatable bonds is 9. The van der Waals surface area contributed by atoms with Crippen molar-refractivity contribution in [1.29, 1.82) is 0 Å². The van der Waals surface area contributed by atoms with Crippen molar-refractivity contribution in [2.24, 2.45) is 5.41 Å². The fraction of sp³-hybridized carbons (Fsp3) is 0.419. The van der Waals surface area contributed by atoms with Gasteiger partial charge in [-0.2, -0.15) is 9.52 Å². The first-order valence-electron chi connectivity index (χ1n) is 15.2. The van der Waals surface area contributed by atoms with E-state index in [9.17, 15) is 13.2 Å². The van der Waals surface area contributed by atoms with Crippen molar-refractivity contribution in [3.63, 3.8) is 0 Å². The number of aromatic nitrogens is 7. The summed E-state index contributed by atoms with van der Waals surface area (Å²) in [6, 6.07) is 12.9. The number of fused-ring (bicyclic) bond motifs is 2. The van der Waals surface area contributed by atoms with Gasteiger partial charge in [-0.15, -0.1) is 21.5 Å². The third-order valence-corrected chi connectivity index (χ3v) is 11.8. The number of ether oxygens (including phenoxy) is 1. The summed E-state index contributed by atoms with van der Waals surface area (Å²) in [6.07, 6.45) is 0.368. The summed E-state index contributed by atoms with van der Waals surface area (Å²) in [5.41, 5.74) is 3.39. The van der Waals surface area contributed by atoms with Gasteiger partial charge in [0.2, 0.25) is 15.9 Å². The van der Waals surface area contributed by atoms with Gasteiger partial charge in [-0.05, 0) is 73.4 Å². The molecule has 2 aromatic carbocycles. The molecule has 5 aromatic rings. The zero-order valence-electron chi connectivity index (χ0n) is 26.6. The maximum Gasteiger partial charge on any atom is 0.269 e. The molecule has 0 bridgehead atoms. The molecule has 46 heavy (non-hydrogen) atoms.